The molecule has 0 bridgehead atoms. The van der Waals surface area contributed by atoms with Crippen molar-refractivity contribution in [3.63, 3.8) is 0 Å². The lowest BCUT2D eigenvalue weighted by molar-refractivity contribution is 0.306. The molecular formula is C14H11Cl2FN2O. The lowest BCUT2D eigenvalue weighted by atomic mass is 10.2. The second-order valence-electron chi connectivity index (χ2n) is 4.10. The maximum absolute atomic E-state index is 13.3. The molecule has 104 valence electrons. The van der Waals surface area contributed by atoms with Crippen LogP contribution in [0.2, 0.25) is 10.0 Å². The smallest absolute Gasteiger partial charge is 0.142 e. The van der Waals surface area contributed by atoms with Gasteiger partial charge in [-0.2, -0.15) is 0 Å². The lowest BCUT2D eigenvalue weighted by Gasteiger charge is -2.09. The van der Waals surface area contributed by atoms with Crippen LogP contribution in [0.4, 0.5) is 4.39 Å². The second-order valence-corrected chi connectivity index (χ2v) is 4.91. The molecule has 0 saturated heterocycles. The van der Waals surface area contributed by atoms with Gasteiger partial charge in [0.15, 0.2) is 0 Å². The van der Waals surface area contributed by atoms with Crippen LogP contribution in [0.25, 0.3) is 0 Å². The summed E-state index contributed by atoms with van der Waals surface area (Å²) in [6.07, 6.45) is 0. The highest BCUT2D eigenvalue weighted by molar-refractivity contribution is 6.32. The Morgan fingerprint density at radius 1 is 1.15 bits per heavy atom. The summed E-state index contributed by atoms with van der Waals surface area (Å²) in [6, 6.07) is 9.23. The summed E-state index contributed by atoms with van der Waals surface area (Å²) in [4.78, 5) is 0. The average Bonchev–Trinajstić information content (AvgIpc) is 2.41. The Balaban J connectivity index is 2.10. The fourth-order valence-electron chi connectivity index (χ4n) is 1.58. The van der Waals surface area contributed by atoms with Gasteiger partial charge < -0.3 is 10.5 Å². The van der Waals surface area contributed by atoms with Gasteiger partial charge in [0.05, 0.1) is 10.0 Å². The molecule has 2 rings (SSSR count). The molecule has 0 aliphatic rings. The van der Waals surface area contributed by atoms with E-state index in [-0.39, 0.29) is 17.5 Å². The minimum Gasteiger partial charge on any atom is -0.487 e. The molecule has 2 aromatic rings. The molecule has 0 heterocycles. The molecule has 2 aromatic carbocycles. The summed E-state index contributed by atoms with van der Waals surface area (Å²) in [5, 5.41) is 7.71. The van der Waals surface area contributed by atoms with E-state index in [1.165, 1.54) is 12.1 Å². The topological polar surface area (TPSA) is 59.1 Å². The van der Waals surface area contributed by atoms with E-state index >= 15 is 0 Å². The SMILES string of the molecule is N=C(N)c1ccc(OCc2ccc(Cl)c(F)c2)c(Cl)c1. The Hall–Kier alpha value is -1.78. The number of amidine groups is 1. The van der Waals surface area contributed by atoms with Gasteiger partial charge in [-0.15, -0.1) is 0 Å². The van der Waals surface area contributed by atoms with Crippen molar-refractivity contribution in [3.8, 4) is 5.75 Å². The van der Waals surface area contributed by atoms with E-state index in [9.17, 15) is 4.39 Å². The van der Waals surface area contributed by atoms with Crippen molar-refractivity contribution in [2.24, 2.45) is 5.73 Å². The van der Waals surface area contributed by atoms with Crippen molar-refractivity contribution in [2.45, 2.75) is 6.61 Å². The number of hydrogen-bond donors (Lipinski definition) is 2. The minimum absolute atomic E-state index is 0.0672. The van der Waals surface area contributed by atoms with E-state index in [1.54, 1.807) is 24.3 Å². The molecule has 0 radical (unpaired) electrons. The average molecular weight is 313 g/mol. The van der Waals surface area contributed by atoms with Gasteiger partial charge in [0.25, 0.3) is 0 Å². The summed E-state index contributed by atoms with van der Waals surface area (Å²) >= 11 is 11.6. The van der Waals surface area contributed by atoms with Crippen molar-refractivity contribution in [1.82, 2.24) is 0 Å². The number of nitrogens with one attached hydrogen (secondary N) is 1. The van der Waals surface area contributed by atoms with Crippen LogP contribution in [0.3, 0.4) is 0 Å². The van der Waals surface area contributed by atoms with Crippen LogP contribution in [0.5, 0.6) is 5.75 Å². The molecule has 6 heteroatoms. The summed E-state index contributed by atoms with van der Waals surface area (Å²) in [7, 11) is 0. The Kier molecular flexibility index (Phi) is 4.47. The Morgan fingerprint density at radius 2 is 1.90 bits per heavy atom. The van der Waals surface area contributed by atoms with Crippen LogP contribution < -0.4 is 10.5 Å². The molecule has 0 aliphatic heterocycles. The quantitative estimate of drug-likeness (QED) is 0.662. The lowest BCUT2D eigenvalue weighted by Crippen LogP contribution is -2.10. The predicted molar refractivity (Wildman–Crippen MR) is 78.2 cm³/mol. The molecule has 0 saturated carbocycles. The third kappa shape index (κ3) is 3.40. The molecule has 0 fully saturated rings. The fourth-order valence-corrected chi connectivity index (χ4v) is 1.93. The van der Waals surface area contributed by atoms with Gasteiger partial charge in [0.2, 0.25) is 0 Å². The van der Waals surface area contributed by atoms with Crippen LogP contribution in [0.15, 0.2) is 36.4 Å². The number of nitrogen functional groups attached to an aromatic ring is 1. The van der Waals surface area contributed by atoms with Gasteiger partial charge in [-0.3, -0.25) is 5.41 Å². The molecule has 3 N–H and O–H groups in total. The summed E-state index contributed by atoms with van der Waals surface area (Å²) in [5.41, 5.74) is 6.51. The third-order valence-corrected chi connectivity index (χ3v) is 3.22. The highest BCUT2D eigenvalue weighted by Gasteiger charge is 2.06. The predicted octanol–water partition coefficient (Wildman–Crippen LogP) is 4.00. The van der Waals surface area contributed by atoms with Crippen molar-refractivity contribution in [1.29, 1.82) is 5.41 Å². The highest BCUT2D eigenvalue weighted by Crippen LogP contribution is 2.26. The van der Waals surface area contributed by atoms with Crippen molar-refractivity contribution < 1.29 is 9.13 Å². The van der Waals surface area contributed by atoms with Crippen LogP contribution in [-0.4, -0.2) is 5.84 Å². The third-order valence-electron chi connectivity index (χ3n) is 2.62. The van der Waals surface area contributed by atoms with Gasteiger partial charge in [-0.25, -0.2) is 4.39 Å². The molecule has 0 aromatic heterocycles. The van der Waals surface area contributed by atoms with Crippen molar-refractivity contribution in [2.75, 3.05) is 0 Å². The number of halogens is 3. The molecule has 20 heavy (non-hydrogen) atoms. The van der Waals surface area contributed by atoms with Crippen molar-refractivity contribution >= 4 is 29.0 Å². The van der Waals surface area contributed by atoms with Gasteiger partial charge >= 0.3 is 0 Å². The Labute approximate surface area is 125 Å². The zero-order chi connectivity index (χ0) is 14.7. The molecule has 0 amide bonds. The Morgan fingerprint density at radius 3 is 2.50 bits per heavy atom. The zero-order valence-electron chi connectivity index (χ0n) is 10.3. The van der Waals surface area contributed by atoms with Crippen LogP contribution >= 0.6 is 23.2 Å². The first-order valence-corrected chi connectivity index (χ1v) is 6.43. The van der Waals surface area contributed by atoms with Gasteiger partial charge in [-0.1, -0.05) is 29.3 Å². The first-order valence-electron chi connectivity index (χ1n) is 5.68. The molecule has 0 atom stereocenters. The number of benzene rings is 2. The number of rotatable bonds is 4. The standard InChI is InChI=1S/C14H11Cl2FN2O/c15-10-3-1-8(5-12(10)17)7-20-13-4-2-9(14(18)19)6-11(13)16/h1-6H,7H2,(H3,18,19). The zero-order valence-corrected chi connectivity index (χ0v) is 11.8. The molecular weight excluding hydrogens is 302 g/mol. The van der Waals surface area contributed by atoms with Crippen LogP contribution in [0, 0.1) is 11.2 Å². The van der Waals surface area contributed by atoms with Gasteiger partial charge in [0, 0.05) is 5.56 Å². The van der Waals surface area contributed by atoms with E-state index in [0.717, 1.165) is 0 Å². The summed E-state index contributed by atoms with van der Waals surface area (Å²) in [5.74, 6) is -0.129. The van der Waals surface area contributed by atoms with Gasteiger partial charge in [-0.05, 0) is 35.9 Å². The Bertz CT molecular complexity index is 662. The normalized spacial score (nSPS) is 10.3. The maximum Gasteiger partial charge on any atom is 0.142 e. The molecule has 3 nitrogen and oxygen atoms in total. The summed E-state index contributed by atoms with van der Waals surface area (Å²) < 4.78 is 18.8. The number of ether oxygens (including phenoxy) is 1. The van der Waals surface area contributed by atoms with Crippen molar-refractivity contribution in [3.05, 3.63) is 63.4 Å². The first kappa shape index (κ1) is 14.6. The highest BCUT2D eigenvalue weighted by atomic mass is 35.5. The summed E-state index contributed by atoms with van der Waals surface area (Å²) in [6.45, 7) is 0.160. The fraction of sp³-hybridized carbons (Fsp3) is 0.0714. The van der Waals surface area contributed by atoms with Crippen LogP contribution in [-0.2, 0) is 6.61 Å². The monoisotopic (exact) mass is 312 g/mol. The van der Waals surface area contributed by atoms with Gasteiger partial charge in [0.1, 0.15) is 24.0 Å². The molecule has 0 spiro atoms. The van der Waals surface area contributed by atoms with E-state index in [2.05, 4.69) is 0 Å². The largest absolute Gasteiger partial charge is 0.487 e. The van der Waals surface area contributed by atoms with E-state index in [0.29, 0.717) is 21.9 Å². The van der Waals surface area contributed by atoms with E-state index < -0.39 is 5.82 Å². The number of hydrogen-bond acceptors (Lipinski definition) is 2. The van der Waals surface area contributed by atoms with E-state index in [1.807, 2.05) is 0 Å². The van der Waals surface area contributed by atoms with E-state index in [4.69, 9.17) is 39.1 Å². The second kappa shape index (κ2) is 6.11. The first-order chi connectivity index (χ1) is 9.47. The molecule has 0 unspecified atom stereocenters. The number of nitrogens with two attached hydrogens (primary N) is 1. The molecule has 0 aliphatic carbocycles. The van der Waals surface area contributed by atoms with Crippen LogP contribution in [0.1, 0.15) is 11.1 Å². The maximum atomic E-state index is 13.3. The minimum atomic E-state index is -0.495.